The lowest BCUT2D eigenvalue weighted by Gasteiger charge is -2.25. The SMILES string of the molecule is CC(C)(CNc1nc(Cl)nc(Cl)n1)NS(C)(=O)=O. The zero-order chi connectivity index (χ0) is 14.0. The van der Waals surface area contributed by atoms with Crippen LogP contribution >= 0.6 is 23.2 Å². The molecule has 1 aromatic heterocycles. The van der Waals surface area contributed by atoms with E-state index in [9.17, 15) is 8.42 Å². The lowest BCUT2D eigenvalue weighted by molar-refractivity contribution is 0.475. The summed E-state index contributed by atoms with van der Waals surface area (Å²) in [6.45, 7) is 3.69. The molecule has 102 valence electrons. The first kappa shape index (κ1) is 15.4. The molecule has 1 aromatic rings. The van der Waals surface area contributed by atoms with Gasteiger partial charge in [0, 0.05) is 12.1 Å². The van der Waals surface area contributed by atoms with Gasteiger partial charge in [-0.1, -0.05) is 0 Å². The molecule has 0 unspecified atom stereocenters. The van der Waals surface area contributed by atoms with Gasteiger partial charge in [0.05, 0.1) is 6.26 Å². The molecule has 0 aliphatic carbocycles. The maximum atomic E-state index is 11.1. The van der Waals surface area contributed by atoms with Crippen molar-refractivity contribution in [3.05, 3.63) is 10.6 Å². The Bertz CT molecular complexity index is 514. The van der Waals surface area contributed by atoms with Crippen LogP contribution in [0.3, 0.4) is 0 Å². The van der Waals surface area contributed by atoms with E-state index in [-0.39, 0.29) is 23.1 Å². The van der Waals surface area contributed by atoms with Crippen molar-refractivity contribution in [2.75, 3.05) is 18.1 Å². The number of rotatable bonds is 5. The van der Waals surface area contributed by atoms with E-state index in [1.807, 2.05) is 0 Å². The predicted molar refractivity (Wildman–Crippen MR) is 70.4 cm³/mol. The summed E-state index contributed by atoms with van der Waals surface area (Å²) in [6, 6.07) is 0. The molecule has 2 N–H and O–H groups in total. The van der Waals surface area contributed by atoms with E-state index in [0.29, 0.717) is 0 Å². The third-order valence-corrected chi connectivity index (χ3v) is 2.99. The molecule has 0 amide bonds. The fourth-order valence-corrected chi connectivity index (χ4v) is 2.68. The predicted octanol–water partition coefficient (Wildman–Crippen LogP) is 0.918. The zero-order valence-electron chi connectivity index (χ0n) is 10.0. The van der Waals surface area contributed by atoms with Crippen LogP contribution in [0.25, 0.3) is 0 Å². The molecule has 10 heteroatoms. The Morgan fingerprint density at radius 1 is 1.17 bits per heavy atom. The molecule has 0 saturated heterocycles. The fourth-order valence-electron chi connectivity index (χ4n) is 1.24. The molecule has 0 aliphatic rings. The van der Waals surface area contributed by atoms with Crippen LogP contribution < -0.4 is 10.0 Å². The molecule has 0 saturated carbocycles. The Hall–Kier alpha value is -0.700. The fraction of sp³-hybridized carbons (Fsp3) is 0.625. The number of hydrogen-bond donors (Lipinski definition) is 2. The van der Waals surface area contributed by atoms with E-state index >= 15 is 0 Å². The van der Waals surface area contributed by atoms with Gasteiger partial charge in [0.15, 0.2) is 0 Å². The molecule has 0 radical (unpaired) electrons. The molecule has 0 spiro atoms. The second-order valence-electron chi connectivity index (χ2n) is 4.31. The van der Waals surface area contributed by atoms with Crippen molar-refractivity contribution in [2.24, 2.45) is 0 Å². The summed E-state index contributed by atoms with van der Waals surface area (Å²) in [5.41, 5.74) is -0.709. The smallest absolute Gasteiger partial charge is 0.228 e. The van der Waals surface area contributed by atoms with Crippen LogP contribution in [0.15, 0.2) is 0 Å². The number of aromatic nitrogens is 3. The molecule has 0 atom stereocenters. The van der Waals surface area contributed by atoms with Crippen LogP contribution in [-0.2, 0) is 10.0 Å². The van der Waals surface area contributed by atoms with Crippen molar-refractivity contribution in [1.29, 1.82) is 0 Å². The van der Waals surface area contributed by atoms with Gasteiger partial charge in [0.25, 0.3) is 0 Å². The number of sulfonamides is 1. The number of hydrogen-bond acceptors (Lipinski definition) is 6. The minimum absolute atomic E-state index is 0.0358. The monoisotopic (exact) mass is 313 g/mol. The highest BCUT2D eigenvalue weighted by atomic mass is 35.5. The Morgan fingerprint density at radius 2 is 1.67 bits per heavy atom. The van der Waals surface area contributed by atoms with E-state index in [2.05, 4.69) is 25.0 Å². The number of anilines is 1. The highest BCUT2D eigenvalue weighted by Gasteiger charge is 2.22. The molecule has 0 aliphatic heterocycles. The first-order valence-corrected chi connectivity index (χ1v) is 7.52. The number of nitrogens with one attached hydrogen (secondary N) is 2. The van der Waals surface area contributed by atoms with Gasteiger partial charge in [-0.2, -0.15) is 15.0 Å². The molecular weight excluding hydrogens is 301 g/mol. The molecule has 18 heavy (non-hydrogen) atoms. The summed E-state index contributed by atoms with van der Waals surface area (Å²) < 4.78 is 24.8. The van der Waals surface area contributed by atoms with Gasteiger partial charge < -0.3 is 5.32 Å². The van der Waals surface area contributed by atoms with Crippen molar-refractivity contribution in [3.63, 3.8) is 0 Å². The van der Waals surface area contributed by atoms with Crippen LogP contribution in [0.5, 0.6) is 0 Å². The summed E-state index contributed by atoms with van der Waals surface area (Å²) in [4.78, 5) is 11.2. The highest BCUT2D eigenvalue weighted by Crippen LogP contribution is 2.11. The van der Waals surface area contributed by atoms with Crippen LogP contribution in [0.4, 0.5) is 5.95 Å². The summed E-state index contributed by atoms with van der Waals surface area (Å²) in [5, 5.41) is 2.76. The molecule has 1 heterocycles. The van der Waals surface area contributed by atoms with Gasteiger partial charge in [-0.25, -0.2) is 13.1 Å². The Balaban J connectivity index is 2.69. The summed E-state index contributed by atoms with van der Waals surface area (Å²) in [5.74, 6) is 0.184. The third kappa shape index (κ3) is 5.76. The maximum absolute atomic E-state index is 11.1. The largest absolute Gasteiger partial charge is 0.352 e. The lowest BCUT2D eigenvalue weighted by atomic mass is 10.1. The average Bonchev–Trinajstić information content (AvgIpc) is 2.09. The van der Waals surface area contributed by atoms with Gasteiger partial charge in [-0.15, -0.1) is 0 Å². The van der Waals surface area contributed by atoms with Crippen LogP contribution in [0.1, 0.15) is 13.8 Å². The van der Waals surface area contributed by atoms with E-state index in [4.69, 9.17) is 23.2 Å². The Kier molecular flexibility index (Phi) is 4.71. The Labute approximate surface area is 115 Å². The first-order valence-electron chi connectivity index (χ1n) is 4.87. The van der Waals surface area contributed by atoms with Crippen molar-refractivity contribution < 1.29 is 8.42 Å². The molecule has 0 aromatic carbocycles. The average molecular weight is 314 g/mol. The van der Waals surface area contributed by atoms with Crippen LogP contribution in [0.2, 0.25) is 10.6 Å². The van der Waals surface area contributed by atoms with Gasteiger partial charge >= 0.3 is 0 Å². The summed E-state index contributed by atoms with van der Waals surface area (Å²) >= 11 is 11.2. The van der Waals surface area contributed by atoms with Gasteiger partial charge in [0.1, 0.15) is 0 Å². The van der Waals surface area contributed by atoms with Gasteiger partial charge in [-0.3, -0.25) is 0 Å². The summed E-state index contributed by atoms with van der Waals surface area (Å²) in [7, 11) is -3.30. The molecule has 0 bridgehead atoms. The summed E-state index contributed by atoms with van der Waals surface area (Å²) in [6.07, 6.45) is 1.09. The van der Waals surface area contributed by atoms with Crippen LogP contribution in [0, 0.1) is 0 Å². The number of nitrogens with zero attached hydrogens (tertiary/aromatic N) is 3. The normalized spacial score (nSPS) is 12.5. The topological polar surface area (TPSA) is 96.9 Å². The number of halogens is 2. The van der Waals surface area contributed by atoms with Crippen molar-refractivity contribution in [3.8, 4) is 0 Å². The van der Waals surface area contributed by atoms with Gasteiger partial charge in [0.2, 0.25) is 26.5 Å². The second-order valence-corrected chi connectivity index (χ2v) is 6.73. The van der Waals surface area contributed by atoms with Crippen molar-refractivity contribution >= 4 is 39.2 Å². The van der Waals surface area contributed by atoms with E-state index in [1.54, 1.807) is 13.8 Å². The zero-order valence-corrected chi connectivity index (χ0v) is 12.4. The first-order chi connectivity index (χ1) is 8.07. The molecular formula is C8H13Cl2N5O2S. The van der Waals surface area contributed by atoms with Gasteiger partial charge in [-0.05, 0) is 37.0 Å². The lowest BCUT2D eigenvalue weighted by Crippen LogP contribution is -2.47. The standard InChI is InChI=1S/C8H13Cl2N5O2S/c1-8(2,15-18(3,16)17)4-11-7-13-5(9)12-6(10)14-7/h15H,4H2,1-3H3,(H,11,12,13,14). The molecule has 7 nitrogen and oxygen atoms in total. The Morgan fingerprint density at radius 3 is 2.11 bits per heavy atom. The second kappa shape index (κ2) is 5.52. The van der Waals surface area contributed by atoms with Crippen molar-refractivity contribution in [2.45, 2.75) is 19.4 Å². The quantitative estimate of drug-likeness (QED) is 0.839. The maximum Gasteiger partial charge on any atom is 0.228 e. The molecule has 0 fully saturated rings. The molecule has 1 rings (SSSR count). The minimum atomic E-state index is -3.30. The third-order valence-electron chi connectivity index (χ3n) is 1.73. The van der Waals surface area contributed by atoms with E-state index in [0.717, 1.165) is 6.26 Å². The van der Waals surface area contributed by atoms with E-state index < -0.39 is 15.6 Å². The van der Waals surface area contributed by atoms with E-state index in [1.165, 1.54) is 0 Å². The van der Waals surface area contributed by atoms with Crippen LogP contribution in [-0.4, -0.2) is 41.7 Å². The highest BCUT2D eigenvalue weighted by molar-refractivity contribution is 7.88. The minimum Gasteiger partial charge on any atom is -0.352 e. The van der Waals surface area contributed by atoms with Crippen molar-refractivity contribution in [1.82, 2.24) is 19.7 Å².